The molecule has 1 aliphatic rings. The predicted octanol–water partition coefficient (Wildman–Crippen LogP) is 4.57. The van der Waals surface area contributed by atoms with E-state index in [0.29, 0.717) is 10.8 Å². The molecule has 0 amide bonds. The van der Waals surface area contributed by atoms with E-state index in [-0.39, 0.29) is 5.75 Å². The molecule has 0 bridgehead atoms. The Morgan fingerprint density at radius 2 is 1.74 bits per heavy atom. The van der Waals surface area contributed by atoms with E-state index in [1.165, 1.54) is 11.6 Å². The van der Waals surface area contributed by atoms with E-state index < -0.39 is 6.61 Å². The predicted molar refractivity (Wildman–Crippen MR) is 110 cm³/mol. The van der Waals surface area contributed by atoms with Gasteiger partial charge in [-0.3, -0.25) is 4.90 Å². The van der Waals surface area contributed by atoms with Gasteiger partial charge in [0.2, 0.25) is 0 Å². The van der Waals surface area contributed by atoms with E-state index >= 15 is 0 Å². The smallest absolute Gasteiger partial charge is 0.387 e. The van der Waals surface area contributed by atoms with Gasteiger partial charge < -0.3 is 15.0 Å². The zero-order valence-electron chi connectivity index (χ0n) is 14.6. The SMILES string of the molecule is FC(F)Oc1ccccc1NC(=S)N1CCN(Cc2ccccc2Br)CC1. The van der Waals surface area contributed by atoms with E-state index in [2.05, 4.69) is 36.9 Å². The lowest BCUT2D eigenvalue weighted by atomic mass is 10.2. The van der Waals surface area contributed by atoms with Gasteiger partial charge in [0.25, 0.3) is 0 Å². The van der Waals surface area contributed by atoms with Gasteiger partial charge in [-0.1, -0.05) is 46.3 Å². The minimum absolute atomic E-state index is 0.0856. The Bertz CT molecular complexity index is 785. The zero-order valence-corrected chi connectivity index (χ0v) is 17.0. The summed E-state index contributed by atoms with van der Waals surface area (Å²) in [7, 11) is 0. The van der Waals surface area contributed by atoms with Crippen LogP contribution in [0, 0.1) is 0 Å². The van der Waals surface area contributed by atoms with Crippen LogP contribution in [-0.2, 0) is 6.54 Å². The minimum Gasteiger partial charge on any atom is -0.433 e. The van der Waals surface area contributed by atoms with Crippen LogP contribution in [0.4, 0.5) is 14.5 Å². The number of thiocarbonyl (C=S) groups is 1. The summed E-state index contributed by atoms with van der Waals surface area (Å²) in [6, 6.07) is 14.8. The van der Waals surface area contributed by atoms with Crippen LogP contribution in [0.15, 0.2) is 53.0 Å². The Morgan fingerprint density at radius 1 is 1.07 bits per heavy atom. The van der Waals surface area contributed by atoms with E-state index in [0.717, 1.165) is 37.2 Å². The molecule has 1 N–H and O–H groups in total. The molecule has 8 heteroatoms. The van der Waals surface area contributed by atoms with Crippen molar-refractivity contribution in [1.82, 2.24) is 9.80 Å². The molecule has 144 valence electrons. The number of piperazine rings is 1. The highest BCUT2D eigenvalue weighted by Gasteiger charge is 2.20. The molecule has 0 aromatic heterocycles. The quantitative estimate of drug-likeness (QED) is 0.666. The molecule has 1 fully saturated rings. The number of anilines is 1. The summed E-state index contributed by atoms with van der Waals surface area (Å²) in [4.78, 5) is 4.41. The van der Waals surface area contributed by atoms with Crippen LogP contribution >= 0.6 is 28.1 Å². The van der Waals surface area contributed by atoms with Crippen molar-refractivity contribution in [3.63, 3.8) is 0 Å². The lowest BCUT2D eigenvalue weighted by molar-refractivity contribution is -0.0493. The zero-order chi connectivity index (χ0) is 19.2. The van der Waals surface area contributed by atoms with Crippen molar-refractivity contribution in [2.75, 3.05) is 31.5 Å². The lowest BCUT2D eigenvalue weighted by Crippen LogP contribution is -2.49. The summed E-state index contributed by atoms with van der Waals surface area (Å²) in [6.07, 6.45) is 0. The average Bonchev–Trinajstić information content (AvgIpc) is 2.65. The molecule has 2 aromatic rings. The van der Waals surface area contributed by atoms with Crippen molar-refractivity contribution in [3.05, 3.63) is 58.6 Å². The van der Waals surface area contributed by atoms with E-state index in [1.54, 1.807) is 18.2 Å². The third kappa shape index (κ3) is 5.60. The maximum Gasteiger partial charge on any atom is 0.387 e. The van der Waals surface area contributed by atoms with Crippen LogP contribution in [0.3, 0.4) is 0 Å². The van der Waals surface area contributed by atoms with Crippen molar-refractivity contribution >= 4 is 38.9 Å². The molecule has 2 aromatic carbocycles. The molecule has 4 nitrogen and oxygen atoms in total. The van der Waals surface area contributed by atoms with Gasteiger partial charge in [-0.25, -0.2) is 0 Å². The summed E-state index contributed by atoms with van der Waals surface area (Å²) in [6.45, 7) is 1.29. The van der Waals surface area contributed by atoms with E-state index in [1.807, 2.05) is 23.1 Å². The molecule has 3 rings (SSSR count). The van der Waals surface area contributed by atoms with Gasteiger partial charge in [-0.05, 0) is 36.0 Å². The number of alkyl halides is 2. The first-order chi connectivity index (χ1) is 13.0. The maximum absolute atomic E-state index is 12.5. The van der Waals surface area contributed by atoms with Crippen molar-refractivity contribution in [1.29, 1.82) is 0 Å². The molecular formula is C19H20BrF2N3OS. The summed E-state index contributed by atoms with van der Waals surface area (Å²) in [5, 5.41) is 3.55. The Balaban J connectivity index is 1.54. The number of halogens is 3. The molecule has 0 radical (unpaired) electrons. The van der Waals surface area contributed by atoms with Gasteiger partial charge in [0, 0.05) is 37.2 Å². The van der Waals surface area contributed by atoms with Gasteiger partial charge in [0.1, 0.15) is 5.75 Å². The first-order valence-corrected chi connectivity index (χ1v) is 9.78. The van der Waals surface area contributed by atoms with Crippen LogP contribution in [0.2, 0.25) is 0 Å². The normalized spacial score (nSPS) is 15.0. The average molecular weight is 456 g/mol. The fourth-order valence-electron chi connectivity index (χ4n) is 2.94. The largest absolute Gasteiger partial charge is 0.433 e. The topological polar surface area (TPSA) is 27.7 Å². The first-order valence-electron chi connectivity index (χ1n) is 8.58. The van der Waals surface area contributed by atoms with Crippen molar-refractivity contribution in [2.45, 2.75) is 13.2 Å². The molecule has 1 aliphatic heterocycles. The van der Waals surface area contributed by atoms with Crippen LogP contribution in [0.5, 0.6) is 5.75 Å². The molecule has 0 saturated carbocycles. The summed E-state index contributed by atoms with van der Waals surface area (Å²) in [5.41, 5.74) is 1.70. The van der Waals surface area contributed by atoms with Crippen LogP contribution < -0.4 is 10.1 Å². The van der Waals surface area contributed by atoms with Gasteiger partial charge >= 0.3 is 6.61 Å². The second-order valence-electron chi connectivity index (χ2n) is 6.16. The molecule has 1 saturated heterocycles. The third-order valence-corrected chi connectivity index (χ3v) is 5.49. The van der Waals surface area contributed by atoms with Crippen LogP contribution in [-0.4, -0.2) is 47.7 Å². The fourth-order valence-corrected chi connectivity index (χ4v) is 3.64. The number of para-hydroxylation sites is 2. The van der Waals surface area contributed by atoms with Gasteiger partial charge in [0.05, 0.1) is 5.69 Å². The number of nitrogens with zero attached hydrogens (tertiary/aromatic N) is 2. The standard InChI is InChI=1S/C19H20BrF2N3OS/c20-15-6-2-1-5-14(15)13-24-9-11-25(12-10-24)19(27)23-16-7-3-4-8-17(16)26-18(21)22/h1-8,18H,9-13H2,(H,23,27). The highest BCUT2D eigenvalue weighted by molar-refractivity contribution is 9.10. The second kappa shape index (κ2) is 9.43. The number of benzene rings is 2. The molecule has 27 heavy (non-hydrogen) atoms. The number of hydrogen-bond acceptors (Lipinski definition) is 3. The van der Waals surface area contributed by atoms with E-state index in [9.17, 15) is 8.78 Å². The molecule has 0 unspecified atom stereocenters. The molecular weight excluding hydrogens is 436 g/mol. The Morgan fingerprint density at radius 3 is 2.44 bits per heavy atom. The van der Waals surface area contributed by atoms with E-state index in [4.69, 9.17) is 12.2 Å². The lowest BCUT2D eigenvalue weighted by Gasteiger charge is -2.36. The summed E-state index contributed by atoms with van der Waals surface area (Å²) >= 11 is 9.05. The van der Waals surface area contributed by atoms with Gasteiger partial charge in [-0.2, -0.15) is 8.78 Å². The van der Waals surface area contributed by atoms with Gasteiger partial charge in [-0.15, -0.1) is 0 Å². The number of nitrogens with one attached hydrogen (secondary N) is 1. The number of ether oxygens (including phenoxy) is 1. The first kappa shape index (κ1) is 20.0. The molecule has 0 atom stereocenters. The molecule has 0 aliphatic carbocycles. The van der Waals surface area contributed by atoms with Crippen LogP contribution in [0.1, 0.15) is 5.56 Å². The summed E-state index contributed by atoms with van der Waals surface area (Å²) < 4.78 is 30.7. The fraction of sp³-hybridized carbons (Fsp3) is 0.316. The number of rotatable bonds is 5. The monoisotopic (exact) mass is 455 g/mol. The van der Waals surface area contributed by atoms with Crippen LogP contribution in [0.25, 0.3) is 0 Å². The minimum atomic E-state index is -2.87. The molecule has 1 heterocycles. The molecule has 0 spiro atoms. The summed E-state index contributed by atoms with van der Waals surface area (Å²) in [5.74, 6) is 0.0856. The Labute approximate surface area is 171 Å². The van der Waals surface area contributed by atoms with Crippen molar-refractivity contribution < 1.29 is 13.5 Å². The third-order valence-electron chi connectivity index (χ3n) is 4.36. The Kier molecular flexibility index (Phi) is 6.98. The Hall–Kier alpha value is -1.77. The van der Waals surface area contributed by atoms with Crippen molar-refractivity contribution in [2.24, 2.45) is 0 Å². The number of hydrogen-bond donors (Lipinski definition) is 1. The van der Waals surface area contributed by atoms with Gasteiger partial charge in [0.15, 0.2) is 5.11 Å². The van der Waals surface area contributed by atoms with Crippen molar-refractivity contribution in [3.8, 4) is 5.75 Å². The maximum atomic E-state index is 12.5. The highest BCUT2D eigenvalue weighted by Crippen LogP contribution is 2.26. The second-order valence-corrected chi connectivity index (χ2v) is 7.40. The highest BCUT2D eigenvalue weighted by atomic mass is 79.9.